The topological polar surface area (TPSA) is 81.1 Å². The number of carbonyl (C=O) groups excluding carboxylic acids is 1. The molecule has 3 rings (SSSR count). The quantitative estimate of drug-likeness (QED) is 0.562. The molecule has 0 spiro atoms. The van der Waals surface area contributed by atoms with E-state index in [0.717, 1.165) is 38.1 Å². The molecule has 1 aliphatic heterocycles. The zero-order valence-electron chi connectivity index (χ0n) is 17.1. The predicted octanol–water partition coefficient (Wildman–Crippen LogP) is 4.90. The molecule has 0 saturated carbocycles. The first-order valence-corrected chi connectivity index (χ1v) is 10.1. The van der Waals surface area contributed by atoms with E-state index in [1.54, 1.807) is 6.92 Å². The Bertz CT molecular complexity index is 970. The van der Waals surface area contributed by atoms with Gasteiger partial charge in [-0.3, -0.25) is 4.79 Å². The highest BCUT2D eigenvalue weighted by atomic mass is 35.5. The van der Waals surface area contributed by atoms with Gasteiger partial charge < -0.3 is 20.9 Å². The van der Waals surface area contributed by atoms with Crippen molar-refractivity contribution in [1.29, 1.82) is 5.41 Å². The molecule has 166 valence electrons. The summed E-state index contributed by atoms with van der Waals surface area (Å²) in [6.07, 6.45) is -1.31. The van der Waals surface area contributed by atoms with Crippen LogP contribution in [0.5, 0.6) is 0 Å². The molecule has 2 aromatic rings. The van der Waals surface area contributed by atoms with Crippen molar-refractivity contribution in [2.45, 2.75) is 32.0 Å². The fourth-order valence-electron chi connectivity index (χ4n) is 3.39. The molecule has 1 amide bonds. The fraction of sp³-hybridized carbons (Fsp3) is 0.381. The number of nitrogens with one attached hydrogen (secondary N) is 3. The first kappa shape index (κ1) is 23.0. The van der Waals surface area contributed by atoms with Crippen LogP contribution in [0.1, 0.15) is 41.3 Å². The van der Waals surface area contributed by atoms with Crippen molar-refractivity contribution in [2.75, 3.05) is 30.8 Å². The Morgan fingerprint density at radius 2 is 1.84 bits per heavy atom. The average molecular weight is 454 g/mol. The number of hydrogen-bond acceptors (Lipinski definition) is 5. The van der Waals surface area contributed by atoms with E-state index in [0.29, 0.717) is 11.4 Å². The summed E-state index contributed by atoms with van der Waals surface area (Å²) in [4.78, 5) is 19.2. The van der Waals surface area contributed by atoms with Crippen LogP contribution in [0.4, 0.5) is 24.7 Å². The lowest BCUT2D eigenvalue weighted by Gasteiger charge is -2.30. The van der Waals surface area contributed by atoms with Crippen molar-refractivity contribution in [3.8, 4) is 0 Å². The van der Waals surface area contributed by atoms with Gasteiger partial charge in [0, 0.05) is 23.6 Å². The van der Waals surface area contributed by atoms with Crippen LogP contribution < -0.4 is 10.6 Å². The molecule has 6 nitrogen and oxygen atoms in total. The zero-order valence-corrected chi connectivity index (χ0v) is 17.9. The number of rotatable bonds is 5. The predicted molar refractivity (Wildman–Crippen MR) is 115 cm³/mol. The number of carbonyl (C=O) groups is 1. The van der Waals surface area contributed by atoms with Crippen molar-refractivity contribution < 1.29 is 18.0 Å². The molecule has 1 aromatic carbocycles. The highest BCUT2D eigenvalue weighted by Gasteiger charge is 2.30. The summed E-state index contributed by atoms with van der Waals surface area (Å²) in [7, 11) is 2.06. The second kappa shape index (κ2) is 9.23. The van der Waals surface area contributed by atoms with Gasteiger partial charge in [0.15, 0.2) is 0 Å². The van der Waals surface area contributed by atoms with Gasteiger partial charge in [-0.1, -0.05) is 11.6 Å². The Hall–Kier alpha value is -2.65. The van der Waals surface area contributed by atoms with Crippen LogP contribution in [0, 0.1) is 5.41 Å². The van der Waals surface area contributed by atoms with Gasteiger partial charge in [0.05, 0.1) is 21.7 Å². The van der Waals surface area contributed by atoms with E-state index in [4.69, 9.17) is 17.0 Å². The van der Waals surface area contributed by atoms with E-state index in [9.17, 15) is 18.0 Å². The molecule has 3 N–H and O–H groups in total. The third kappa shape index (κ3) is 5.54. The van der Waals surface area contributed by atoms with Crippen LogP contribution >= 0.6 is 11.6 Å². The number of halogens is 4. The first-order chi connectivity index (χ1) is 14.6. The SMILES string of the molecule is CC(=N)c1c(NC2CCN(C)CC2)ncc(C(=O)Nc2ccc(C(F)(F)F)cc2)c1Cl. The lowest BCUT2D eigenvalue weighted by molar-refractivity contribution is -0.137. The van der Waals surface area contributed by atoms with Crippen LogP contribution in [-0.4, -0.2) is 47.7 Å². The standard InChI is InChI=1S/C21H23ClF3N5O/c1-12(26)17-18(22)16(11-27-19(17)28-15-7-9-30(2)10-8-15)20(31)29-14-5-3-13(4-6-14)21(23,24)25/h3-6,11,15,26H,7-10H2,1-2H3,(H,27,28)(H,29,31). The number of benzene rings is 1. The highest BCUT2D eigenvalue weighted by Crippen LogP contribution is 2.31. The minimum absolute atomic E-state index is 0.0390. The van der Waals surface area contributed by atoms with Crippen LogP contribution in [0.25, 0.3) is 0 Å². The Kier molecular flexibility index (Phi) is 6.86. The second-order valence-corrected chi connectivity index (χ2v) is 7.96. The van der Waals surface area contributed by atoms with Crippen LogP contribution in [0.2, 0.25) is 5.02 Å². The molecule has 0 radical (unpaired) electrons. The normalized spacial score (nSPS) is 15.5. The lowest BCUT2D eigenvalue weighted by atomic mass is 10.0. The summed E-state index contributed by atoms with van der Waals surface area (Å²) >= 11 is 6.46. The Morgan fingerprint density at radius 3 is 2.39 bits per heavy atom. The molecule has 0 bridgehead atoms. The average Bonchev–Trinajstić information content (AvgIpc) is 2.69. The Labute approximate surface area is 183 Å². The zero-order chi connectivity index (χ0) is 22.8. The van der Waals surface area contributed by atoms with Gasteiger partial charge in [0.25, 0.3) is 5.91 Å². The van der Waals surface area contributed by atoms with Gasteiger partial charge in [0.1, 0.15) is 5.82 Å². The third-order valence-electron chi connectivity index (χ3n) is 5.16. The number of anilines is 2. The van der Waals surface area contributed by atoms with Gasteiger partial charge in [-0.15, -0.1) is 0 Å². The van der Waals surface area contributed by atoms with E-state index < -0.39 is 17.6 Å². The molecule has 0 unspecified atom stereocenters. The van der Waals surface area contributed by atoms with E-state index >= 15 is 0 Å². The summed E-state index contributed by atoms with van der Waals surface area (Å²) in [5.41, 5.74) is -0.0955. The molecule has 31 heavy (non-hydrogen) atoms. The van der Waals surface area contributed by atoms with Gasteiger partial charge >= 0.3 is 6.18 Å². The minimum Gasteiger partial charge on any atom is -0.367 e. The maximum Gasteiger partial charge on any atom is 0.416 e. The third-order valence-corrected chi connectivity index (χ3v) is 5.56. The summed E-state index contributed by atoms with van der Waals surface area (Å²) in [5.74, 6) is -0.177. The van der Waals surface area contributed by atoms with Crippen LogP contribution in [0.3, 0.4) is 0 Å². The first-order valence-electron chi connectivity index (χ1n) is 9.74. The number of aromatic nitrogens is 1. The van der Waals surface area contributed by atoms with Crippen molar-refractivity contribution in [3.05, 3.63) is 52.2 Å². The molecule has 1 saturated heterocycles. The van der Waals surface area contributed by atoms with E-state index in [-0.39, 0.29) is 28.0 Å². The fourth-order valence-corrected chi connectivity index (χ4v) is 3.75. The maximum absolute atomic E-state index is 12.7. The monoisotopic (exact) mass is 453 g/mol. The smallest absolute Gasteiger partial charge is 0.367 e. The van der Waals surface area contributed by atoms with E-state index in [1.165, 1.54) is 18.3 Å². The van der Waals surface area contributed by atoms with E-state index in [2.05, 4.69) is 27.6 Å². The van der Waals surface area contributed by atoms with Gasteiger partial charge in [0.2, 0.25) is 0 Å². The van der Waals surface area contributed by atoms with Gasteiger partial charge in [-0.05, 0) is 64.2 Å². The number of pyridine rings is 1. The number of likely N-dealkylation sites (tertiary alicyclic amines) is 1. The number of nitrogens with zero attached hydrogens (tertiary/aromatic N) is 2. The largest absolute Gasteiger partial charge is 0.416 e. The molecule has 1 aliphatic rings. The van der Waals surface area contributed by atoms with Gasteiger partial charge in [-0.2, -0.15) is 13.2 Å². The van der Waals surface area contributed by atoms with Crippen LogP contribution in [0.15, 0.2) is 30.5 Å². The number of hydrogen-bond donors (Lipinski definition) is 3. The minimum atomic E-state index is -4.46. The van der Waals surface area contributed by atoms with E-state index in [1.807, 2.05) is 0 Å². The number of piperidine rings is 1. The summed E-state index contributed by atoms with van der Waals surface area (Å²) in [6, 6.07) is 4.29. The number of amides is 1. The molecule has 0 atom stereocenters. The van der Waals surface area contributed by atoms with Crippen molar-refractivity contribution in [2.24, 2.45) is 0 Å². The number of alkyl halides is 3. The Balaban J connectivity index is 1.80. The van der Waals surface area contributed by atoms with Crippen molar-refractivity contribution in [1.82, 2.24) is 9.88 Å². The molecular formula is C21H23ClF3N5O. The molecule has 1 aromatic heterocycles. The van der Waals surface area contributed by atoms with Gasteiger partial charge in [-0.25, -0.2) is 4.98 Å². The van der Waals surface area contributed by atoms with Crippen molar-refractivity contribution in [3.63, 3.8) is 0 Å². The Morgan fingerprint density at radius 1 is 1.23 bits per heavy atom. The lowest BCUT2D eigenvalue weighted by Crippen LogP contribution is -2.37. The summed E-state index contributed by atoms with van der Waals surface area (Å²) in [6.45, 7) is 3.44. The molecular weight excluding hydrogens is 431 g/mol. The summed E-state index contributed by atoms with van der Waals surface area (Å²) in [5, 5.41) is 14.0. The molecule has 1 fully saturated rings. The van der Waals surface area contributed by atoms with Crippen LogP contribution in [-0.2, 0) is 6.18 Å². The molecule has 0 aliphatic carbocycles. The molecule has 2 heterocycles. The second-order valence-electron chi connectivity index (χ2n) is 7.59. The summed E-state index contributed by atoms with van der Waals surface area (Å²) < 4.78 is 38.1. The maximum atomic E-state index is 12.7. The molecule has 10 heteroatoms. The highest BCUT2D eigenvalue weighted by molar-refractivity contribution is 6.38. The van der Waals surface area contributed by atoms with Crippen molar-refractivity contribution >= 4 is 34.7 Å².